The lowest BCUT2D eigenvalue weighted by Crippen LogP contribution is -2.59. The average molecular weight is 622 g/mol. The van der Waals surface area contributed by atoms with Crippen LogP contribution in [-0.2, 0) is 28.7 Å². The first-order valence-electron chi connectivity index (χ1n) is 16.5. The van der Waals surface area contributed by atoms with Crippen molar-refractivity contribution in [2.75, 3.05) is 26.3 Å². The summed E-state index contributed by atoms with van der Waals surface area (Å²) in [4.78, 5) is 59.4. The third-order valence-corrected chi connectivity index (χ3v) is 9.96. The maximum absolute atomic E-state index is 14.7. The second-order valence-corrected chi connectivity index (χ2v) is 12.7. The summed E-state index contributed by atoms with van der Waals surface area (Å²) >= 11 is 0. The molecule has 1 aromatic rings. The van der Waals surface area contributed by atoms with Gasteiger partial charge >= 0.3 is 5.97 Å². The van der Waals surface area contributed by atoms with Gasteiger partial charge in [0, 0.05) is 19.5 Å². The van der Waals surface area contributed by atoms with Gasteiger partial charge in [-0.25, -0.2) is 0 Å². The number of nitrogens with zero attached hydrogens (tertiary/aromatic N) is 2. The zero-order valence-electron chi connectivity index (χ0n) is 26.6. The summed E-state index contributed by atoms with van der Waals surface area (Å²) in [6, 6.07) is 6.98. The number of unbranched alkanes of at least 4 members (excludes halogenated alkanes) is 2. The molecule has 10 heteroatoms. The lowest BCUT2D eigenvalue weighted by molar-refractivity contribution is -0.152. The van der Waals surface area contributed by atoms with Crippen LogP contribution in [-0.4, -0.2) is 88.7 Å². The highest BCUT2D eigenvalue weighted by Gasteiger charge is 2.72. The number of benzene rings is 1. The Morgan fingerprint density at radius 2 is 1.84 bits per heavy atom. The second-order valence-electron chi connectivity index (χ2n) is 12.7. The van der Waals surface area contributed by atoms with Gasteiger partial charge in [-0.3, -0.25) is 19.2 Å². The van der Waals surface area contributed by atoms with Crippen LogP contribution in [0.3, 0.4) is 0 Å². The van der Waals surface area contributed by atoms with Crippen molar-refractivity contribution >= 4 is 23.7 Å². The monoisotopic (exact) mass is 621 g/mol. The number of nitrogens with one attached hydrogen (secondary N) is 1. The van der Waals surface area contributed by atoms with Crippen molar-refractivity contribution in [1.82, 2.24) is 15.1 Å². The number of allylic oxidation sites excluding steroid dienone is 1. The fraction of sp³-hybridized carbons (Fsp3) is 0.600. The van der Waals surface area contributed by atoms with Crippen molar-refractivity contribution in [3.05, 3.63) is 60.2 Å². The minimum absolute atomic E-state index is 0.0548. The predicted molar refractivity (Wildman–Crippen MR) is 167 cm³/mol. The number of carbonyl (C=O) groups excluding carboxylic acids is 4. The number of cyclic esters (lactones) is 1. The number of aliphatic hydroxyl groups is 1. The molecule has 3 amide bonds. The topological polar surface area (TPSA) is 125 Å². The summed E-state index contributed by atoms with van der Waals surface area (Å²) in [6.07, 6.45) is 10.5. The van der Waals surface area contributed by atoms with E-state index in [9.17, 15) is 24.3 Å². The van der Waals surface area contributed by atoms with E-state index in [4.69, 9.17) is 9.47 Å². The van der Waals surface area contributed by atoms with Gasteiger partial charge in [-0.2, -0.15) is 0 Å². The number of aliphatic hydroxyl groups excluding tert-OH is 1. The van der Waals surface area contributed by atoms with Crippen LogP contribution in [0, 0.1) is 17.8 Å². The van der Waals surface area contributed by atoms with Gasteiger partial charge < -0.3 is 29.7 Å². The lowest BCUT2D eigenvalue weighted by atomic mass is 9.77. The molecule has 8 atom stereocenters. The van der Waals surface area contributed by atoms with Gasteiger partial charge in [0.05, 0.1) is 36.6 Å². The Labute approximate surface area is 265 Å². The molecular formula is C35H47N3O7. The Morgan fingerprint density at radius 3 is 2.56 bits per heavy atom. The third-order valence-electron chi connectivity index (χ3n) is 9.96. The van der Waals surface area contributed by atoms with E-state index in [1.807, 2.05) is 56.3 Å². The van der Waals surface area contributed by atoms with Crippen LogP contribution in [0.5, 0.6) is 0 Å². The van der Waals surface area contributed by atoms with Gasteiger partial charge in [-0.1, -0.05) is 94.7 Å². The van der Waals surface area contributed by atoms with Gasteiger partial charge in [0.25, 0.3) is 0 Å². The predicted octanol–water partition coefficient (Wildman–Crippen LogP) is 3.31. The van der Waals surface area contributed by atoms with E-state index in [1.54, 1.807) is 22.0 Å². The Bertz CT molecular complexity index is 1300. The summed E-state index contributed by atoms with van der Waals surface area (Å²) < 4.78 is 12.3. The van der Waals surface area contributed by atoms with E-state index in [0.717, 1.165) is 24.8 Å². The molecule has 2 N–H and O–H groups in total. The van der Waals surface area contributed by atoms with Crippen LogP contribution in [0.1, 0.15) is 70.9 Å². The molecule has 0 aromatic heterocycles. The highest BCUT2D eigenvalue weighted by Crippen LogP contribution is 2.54. The number of ether oxygens (including phenoxy) is 2. The van der Waals surface area contributed by atoms with Crippen molar-refractivity contribution in [3.63, 3.8) is 0 Å². The van der Waals surface area contributed by atoms with Crippen LogP contribution in [0.15, 0.2) is 54.6 Å². The first-order chi connectivity index (χ1) is 21.8. The number of hydrogen-bond donors (Lipinski definition) is 2. The van der Waals surface area contributed by atoms with Gasteiger partial charge in [-0.15, -0.1) is 0 Å². The first kappa shape index (κ1) is 32.9. The number of likely N-dealkylation sites (tertiary alicyclic amines) is 1. The fourth-order valence-corrected chi connectivity index (χ4v) is 7.35. The molecule has 4 aliphatic rings. The Morgan fingerprint density at radius 1 is 1.07 bits per heavy atom. The largest absolute Gasteiger partial charge is 0.463 e. The van der Waals surface area contributed by atoms with Crippen LogP contribution < -0.4 is 5.32 Å². The molecule has 244 valence electrons. The molecule has 4 heterocycles. The molecule has 10 nitrogen and oxygen atoms in total. The quantitative estimate of drug-likeness (QED) is 0.246. The van der Waals surface area contributed by atoms with Gasteiger partial charge in [0.15, 0.2) is 0 Å². The van der Waals surface area contributed by atoms with Crippen LogP contribution >= 0.6 is 0 Å². The van der Waals surface area contributed by atoms with E-state index >= 15 is 0 Å². The highest BCUT2D eigenvalue weighted by molar-refractivity contribution is 6.00. The van der Waals surface area contributed by atoms with Crippen LogP contribution in [0.25, 0.3) is 0 Å². The number of fused-ring (bicyclic) bond motifs is 2. The van der Waals surface area contributed by atoms with Crippen molar-refractivity contribution < 1.29 is 33.8 Å². The van der Waals surface area contributed by atoms with Crippen molar-refractivity contribution in [2.24, 2.45) is 17.8 Å². The van der Waals surface area contributed by atoms with Crippen LogP contribution in [0.2, 0.25) is 0 Å². The molecule has 0 unspecified atom stereocenters. The van der Waals surface area contributed by atoms with Gasteiger partial charge in [0.1, 0.15) is 18.2 Å². The summed E-state index contributed by atoms with van der Waals surface area (Å²) in [5.41, 5.74) is -0.640. The minimum atomic E-state index is -1.40. The number of esters is 1. The lowest BCUT2D eigenvalue weighted by Gasteiger charge is -2.40. The zero-order chi connectivity index (χ0) is 32.1. The molecule has 2 fully saturated rings. The Balaban J connectivity index is 1.59. The molecule has 0 bridgehead atoms. The minimum Gasteiger partial charge on any atom is -0.463 e. The number of amides is 3. The van der Waals surface area contributed by atoms with E-state index < -0.39 is 47.6 Å². The van der Waals surface area contributed by atoms with Crippen molar-refractivity contribution in [3.8, 4) is 0 Å². The normalized spacial score (nSPS) is 32.3. The van der Waals surface area contributed by atoms with Crippen molar-refractivity contribution in [2.45, 2.75) is 89.1 Å². The SMILES string of the molecule is CCCCCN1CC=C[C@@]23O[C@H]4/C=C\CCC(=O)OC[C@H](c5ccccc5)NC(=O)[C@H]4[C@@H]2C(=O)N([C@@H](CO)[C@@H](C)CC)[C@H]3C1=O. The van der Waals surface area contributed by atoms with E-state index in [-0.39, 0.29) is 43.3 Å². The molecule has 0 aliphatic carbocycles. The summed E-state index contributed by atoms with van der Waals surface area (Å²) in [5.74, 6) is -3.42. The summed E-state index contributed by atoms with van der Waals surface area (Å²) in [5, 5.41) is 13.7. The second kappa shape index (κ2) is 14.3. The summed E-state index contributed by atoms with van der Waals surface area (Å²) in [7, 11) is 0. The molecule has 1 spiro atoms. The Hall–Kier alpha value is -3.50. The Kier molecular flexibility index (Phi) is 10.4. The average Bonchev–Trinajstić information content (AvgIpc) is 3.43. The van der Waals surface area contributed by atoms with Gasteiger partial charge in [-0.05, 0) is 24.3 Å². The van der Waals surface area contributed by atoms with Crippen LogP contribution in [0.4, 0.5) is 0 Å². The number of carbonyl (C=O) groups is 4. The third kappa shape index (κ3) is 6.31. The standard InChI is InChI=1S/C35H47N3O7/c1-4-6-12-19-37-20-13-18-35-30(33(42)38(31(35)34(37)43)26(21-39)23(3)5-2)29-27(45-35)16-10-11-17-28(40)44-22-25(36-32(29)41)24-14-8-7-9-15-24/h7-10,13-16,18,23,25-27,29-31,39H,4-6,11-12,17,19-22H2,1-3H3,(H,36,41)/b16-10-/t23-,25+,26-,27-,29+,30+,31-,35+/m0/s1. The molecular weight excluding hydrogens is 574 g/mol. The molecule has 5 rings (SSSR count). The maximum Gasteiger partial charge on any atom is 0.306 e. The molecule has 1 aromatic carbocycles. The summed E-state index contributed by atoms with van der Waals surface area (Å²) in [6.45, 7) is 6.61. The molecule has 4 aliphatic heterocycles. The molecule has 0 radical (unpaired) electrons. The van der Waals surface area contributed by atoms with E-state index in [2.05, 4.69) is 12.2 Å². The number of rotatable bonds is 9. The number of hydrogen-bond acceptors (Lipinski definition) is 7. The highest BCUT2D eigenvalue weighted by atomic mass is 16.5. The first-order valence-corrected chi connectivity index (χ1v) is 16.5. The molecule has 2 saturated heterocycles. The van der Waals surface area contributed by atoms with Gasteiger partial charge in [0.2, 0.25) is 17.7 Å². The van der Waals surface area contributed by atoms with E-state index in [1.165, 1.54) is 0 Å². The van der Waals surface area contributed by atoms with Crippen molar-refractivity contribution in [1.29, 1.82) is 0 Å². The zero-order valence-corrected chi connectivity index (χ0v) is 26.6. The molecule has 0 saturated carbocycles. The van der Waals surface area contributed by atoms with E-state index in [0.29, 0.717) is 25.9 Å². The maximum atomic E-state index is 14.7. The smallest absolute Gasteiger partial charge is 0.306 e. The fourth-order valence-electron chi connectivity index (χ4n) is 7.35. The molecule has 45 heavy (non-hydrogen) atoms.